The zero-order chi connectivity index (χ0) is 13.4. The number of hydrogen-bond acceptors (Lipinski definition) is 3. The van der Waals surface area contributed by atoms with Crippen molar-refractivity contribution in [1.82, 2.24) is 4.90 Å². The standard InChI is InChI=1S/C14H25NO2S/c1-4-14(12(16)17)6-5-8-15(14)11-10-18-9-7-13(11,2)3/h11H,4-10H2,1-3H3,(H,16,17). The van der Waals surface area contributed by atoms with Crippen LogP contribution >= 0.6 is 11.8 Å². The summed E-state index contributed by atoms with van der Waals surface area (Å²) in [5.41, 5.74) is -0.356. The lowest BCUT2D eigenvalue weighted by Crippen LogP contribution is -2.60. The first kappa shape index (κ1) is 14.2. The molecule has 0 saturated carbocycles. The predicted octanol–water partition coefficient (Wildman–Crippen LogP) is 2.85. The fourth-order valence-electron chi connectivity index (χ4n) is 3.55. The van der Waals surface area contributed by atoms with Gasteiger partial charge in [-0.1, -0.05) is 20.8 Å². The average molecular weight is 271 g/mol. The highest BCUT2D eigenvalue weighted by Crippen LogP contribution is 2.44. The van der Waals surface area contributed by atoms with Gasteiger partial charge in [-0.3, -0.25) is 9.69 Å². The summed E-state index contributed by atoms with van der Waals surface area (Å²) in [6, 6.07) is 0.412. The summed E-state index contributed by atoms with van der Waals surface area (Å²) in [5.74, 6) is 1.68. The molecule has 0 aliphatic carbocycles. The lowest BCUT2D eigenvalue weighted by Gasteiger charge is -2.49. The lowest BCUT2D eigenvalue weighted by atomic mass is 9.79. The highest BCUT2D eigenvalue weighted by atomic mass is 32.2. The van der Waals surface area contributed by atoms with Crippen molar-refractivity contribution in [2.45, 2.75) is 58.0 Å². The highest BCUT2D eigenvalue weighted by Gasteiger charge is 2.52. The first-order valence-electron chi connectivity index (χ1n) is 7.02. The molecule has 1 N–H and O–H groups in total. The van der Waals surface area contributed by atoms with E-state index in [1.54, 1.807) is 0 Å². The Morgan fingerprint density at radius 2 is 2.17 bits per heavy atom. The number of hydrogen-bond donors (Lipinski definition) is 1. The minimum atomic E-state index is -0.617. The van der Waals surface area contributed by atoms with E-state index in [-0.39, 0.29) is 5.41 Å². The molecule has 0 bridgehead atoms. The van der Waals surface area contributed by atoms with Crippen LogP contribution in [-0.4, -0.2) is 45.6 Å². The summed E-state index contributed by atoms with van der Waals surface area (Å²) in [6.45, 7) is 7.58. The summed E-state index contributed by atoms with van der Waals surface area (Å²) >= 11 is 1.98. The predicted molar refractivity (Wildman–Crippen MR) is 76.1 cm³/mol. The van der Waals surface area contributed by atoms with Crippen LogP contribution in [-0.2, 0) is 4.79 Å². The molecule has 104 valence electrons. The average Bonchev–Trinajstić information content (AvgIpc) is 2.73. The van der Waals surface area contributed by atoms with Crippen LogP contribution in [0.2, 0.25) is 0 Å². The van der Waals surface area contributed by atoms with Crippen LogP contribution in [0.15, 0.2) is 0 Å². The van der Waals surface area contributed by atoms with Crippen LogP contribution in [0, 0.1) is 5.41 Å². The van der Waals surface area contributed by atoms with Gasteiger partial charge < -0.3 is 5.11 Å². The summed E-state index contributed by atoms with van der Waals surface area (Å²) in [5, 5.41) is 9.69. The van der Waals surface area contributed by atoms with Crippen molar-refractivity contribution in [2.24, 2.45) is 5.41 Å². The van der Waals surface area contributed by atoms with Crippen molar-refractivity contribution in [3.05, 3.63) is 0 Å². The van der Waals surface area contributed by atoms with Crippen LogP contribution in [0.25, 0.3) is 0 Å². The maximum Gasteiger partial charge on any atom is 0.324 e. The van der Waals surface area contributed by atoms with E-state index >= 15 is 0 Å². The van der Waals surface area contributed by atoms with Gasteiger partial charge in [0.15, 0.2) is 0 Å². The summed E-state index contributed by atoms with van der Waals surface area (Å²) < 4.78 is 0. The van der Waals surface area contributed by atoms with Crippen molar-refractivity contribution < 1.29 is 9.90 Å². The molecule has 18 heavy (non-hydrogen) atoms. The molecule has 3 nitrogen and oxygen atoms in total. The SMILES string of the molecule is CCC1(C(=O)O)CCCN1C1CSCCC1(C)C. The van der Waals surface area contributed by atoms with Gasteiger partial charge in [0.25, 0.3) is 0 Å². The number of carboxylic acids is 1. The molecule has 0 aromatic carbocycles. The van der Waals surface area contributed by atoms with E-state index in [0.29, 0.717) is 6.04 Å². The number of likely N-dealkylation sites (tertiary alicyclic amines) is 1. The molecule has 2 unspecified atom stereocenters. The van der Waals surface area contributed by atoms with Gasteiger partial charge in [-0.2, -0.15) is 11.8 Å². The molecular weight excluding hydrogens is 246 g/mol. The quantitative estimate of drug-likeness (QED) is 0.857. The lowest BCUT2D eigenvalue weighted by molar-refractivity contribution is -0.152. The molecule has 0 spiro atoms. The van der Waals surface area contributed by atoms with Crippen LogP contribution < -0.4 is 0 Å². The van der Waals surface area contributed by atoms with Gasteiger partial charge in [0, 0.05) is 11.8 Å². The Balaban J connectivity index is 2.28. The number of carbonyl (C=O) groups is 1. The molecule has 2 saturated heterocycles. The molecule has 2 heterocycles. The molecular formula is C14H25NO2S. The third kappa shape index (κ3) is 2.18. The van der Waals surface area contributed by atoms with Crippen molar-refractivity contribution in [3.8, 4) is 0 Å². The maximum absolute atomic E-state index is 11.8. The Kier molecular flexibility index (Phi) is 3.98. The van der Waals surface area contributed by atoms with Crippen molar-refractivity contribution in [3.63, 3.8) is 0 Å². The molecule has 0 radical (unpaired) electrons. The van der Waals surface area contributed by atoms with Crippen LogP contribution in [0.4, 0.5) is 0 Å². The van der Waals surface area contributed by atoms with E-state index in [4.69, 9.17) is 0 Å². The molecule has 0 aromatic rings. The molecule has 2 atom stereocenters. The number of aliphatic carboxylic acids is 1. The largest absolute Gasteiger partial charge is 0.480 e. The van der Waals surface area contributed by atoms with Gasteiger partial charge in [0.1, 0.15) is 5.54 Å². The van der Waals surface area contributed by atoms with Gasteiger partial charge >= 0.3 is 5.97 Å². The van der Waals surface area contributed by atoms with E-state index < -0.39 is 11.5 Å². The Morgan fingerprint density at radius 3 is 2.72 bits per heavy atom. The zero-order valence-corrected chi connectivity index (χ0v) is 12.6. The van der Waals surface area contributed by atoms with Gasteiger partial charge in [-0.15, -0.1) is 0 Å². The topological polar surface area (TPSA) is 40.5 Å². The molecule has 0 aromatic heterocycles. The number of rotatable bonds is 3. The third-order valence-corrected chi connectivity index (χ3v) is 6.01. The Morgan fingerprint density at radius 1 is 1.44 bits per heavy atom. The van der Waals surface area contributed by atoms with E-state index in [9.17, 15) is 9.90 Å². The van der Waals surface area contributed by atoms with Crippen molar-refractivity contribution >= 4 is 17.7 Å². The summed E-state index contributed by atoms with van der Waals surface area (Å²) in [6.07, 6.45) is 3.76. The number of carboxylic acid groups (broad SMARTS) is 1. The second-order valence-electron chi connectivity index (χ2n) is 6.32. The van der Waals surface area contributed by atoms with Crippen LogP contribution in [0.5, 0.6) is 0 Å². The van der Waals surface area contributed by atoms with Gasteiger partial charge in [0.2, 0.25) is 0 Å². The monoisotopic (exact) mass is 271 g/mol. The second-order valence-corrected chi connectivity index (χ2v) is 7.47. The summed E-state index contributed by atoms with van der Waals surface area (Å²) in [7, 11) is 0. The highest BCUT2D eigenvalue weighted by molar-refractivity contribution is 7.99. The normalized spacial score (nSPS) is 36.7. The first-order chi connectivity index (χ1) is 8.44. The van der Waals surface area contributed by atoms with E-state index in [0.717, 1.165) is 31.6 Å². The fourth-order valence-corrected chi connectivity index (χ4v) is 5.24. The molecule has 2 aliphatic heterocycles. The molecule has 2 rings (SSSR count). The smallest absolute Gasteiger partial charge is 0.324 e. The van der Waals surface area contributed by atoms with Gasteiger partial charge in [-0.05, 0) is 43.4 Å². The third-order valence-electron chi connectivity index (χ3n) is 4.97. The van der Waals surface area contributed by atoms with Crippen molar-refractivity contribution in [2.75, 3.05) is 18.1 Å². The Labute approximate surface area is 114 Å². The number of thioether (sulfide) groups is 1. The van der Waals surface area contributed by atoms with Crippen LogP contribution in [0.1, 0.15) is 46.5 Å². The van der Waals surface area contributed by atoms with Crippen LogP contribution in [0.3, 0.4) is 0 Å². The summed E-state index contributed by atoms with van der Waals surface area (Å²) in [4.78, 5) is 14.1. The van der Waals surface area contributed by atoms with Gasteiger partial charge in [0.05, 0.1) is 0 Å². The molecule has 2 aliphatic rings. The minimum absolute atomic E-state index is 0.242. The fraction of sp³-hybridized carbons (Fsp3) is 0.929. The Hall–Kier alpha value is -0.220. The first-order valence-corrected chi connectivity index (χ1v) is 8.17. The zero-order valence-electron chi connectivity index (χ0n) is 11.7. The maximum atomic E-state index is 11.8. The van der Waals surface area contributed by atoms with Crippen molar-refractivity contribution in [1.29, 1.82) is 0 Å². The second kappa shape index (κ2) is 5.04. The number of nitrogens with zero attached hydrogens (tertiary/aromatic N) is 1. The van der Waals surface area contributed by atoms with Gasteiger partial charge in [-0.25, -0.2) is 0 Å². The molecule has 2 fully saturated rings. The molecule has 0 amide bonds. The minimum Gasteiger partial charge on any atom is -0.480 e. The molecule has 4 heteroatoms. The van der Waals surface area contributed by atoms with E-state index in [1.165, 1.54) is 12.2 Å². The Bertz CT molecular complexity index is 332. The van der Waals surface area contributed by atoms with E-state index in [1.807, 2.05) is 18.7 Å². The van der Waals surface area contributed by atoms with E-state index in [2.05, 4.69) is 18.7 Å².